The van der Waals surface area contributed by atoms with E-state index in [4.69, 9.17) is 4.52 Å². The first-order chi connectivity index (χ1) is 13.6. The molecule has 0 unspecified atom stereocenters. The lowest BCUT2D eigenvalue weighted by Crippen LogP contribution is -2.31. The molecule has 2 aromatic carbocycles. The SMILES string of the molecule is CCCN(C(=O)CCc1nc(-c2ccc(C)cc2)no1)c1ccc(CC)cc1. The summed E-state index contributed by atoms with van der Waals surface area (Å²) in [4.78, 5) is 19.1. The van der Waals surface area contributed by atoms with E-state index in [0.29, 0.717) is 31.1 Å². The van der Waals surface area contributed by atoms with Gasteiger partial charge in [0.05, 0.1) is 0 Å². The summed E-state index contributed by atoms with van der Waals surface area (Å²) in [7, 11) is 0. The molecule has 0 saturated carbocycles. The monoisotopic (exact) mass is 377 g/mol. The molecule has 3 aromatic rings. The number of rotatable bonds is 8. The van der Waals surface area contributed by atoms with Gasteiger partial charge in [-0.25, -0.2) is 0 Å². The quantitative estimate of drug-likeness (QED) is 0.555. The zero-order chi connectivity index (χ0) is 19.9. The van der Waals surface area contributed by atoms with E-state index in [2.05, 4.69) is 36.1 Å². The smallest absolute Gasteiger partial charge is 0.227 e. The van der Waals surface area contributed by atoms with Crippen LogP contribution in [0.5, 0.6) is 0 Å². The van der Waals surface area contributed by atoms with Gasteiger partial charge in [0.2, 0.25) is 17.6 Å². The predicted octanol–water partition coefficient (Wildman–Crippen LogP) is 4.98. The Kier molecular flexibility index (Phi) is 6.58. The van der Waals surface area contributed by atoms with Gasteiger partial charge in [-0.1, -0.05) is 61.0 Å². The molecule has 28 heavy (non-hydrogen) atoms. The van der Waals surface area contributed by atoms with Crippen molar-refractivity contribution in [2.45, 2.75) is 46.5 Å². The Morgan fingerprint density at radius 2 is 1.75 bits per heavy atom. The summed E-state index contributed by atoms with van der Waals surface area (Å²) in [6.07, 6.45) is 2.66. The highest BCUT2D eigenvalue weighted by molar-refractivity contribution is 5.93. The Labute approximate surface area is 166 Å². The van der Waals surface area contributed by atoms with E-state index in [1.165, 1.54) is 11.1 Å². The van der Waals surface area contributed by atoms with Crippen LogP contribution in [0.2, 0.25) is 0 Å². The van der Waals surface area contributed by atoms with Gasteiger partial charge in [-0.05, 0) is 37.5 Å². The highest BCUT2D eigenvalue weighted by Crippen LogP contribution is 2.19. The van der Waals surface area contributed by atoms with Crippen LogP contribution in [-0.2, 0) is 17.6 Å². The molecule has 0 aliphatic rings. The fourth-order valence-electron chi connectivity index (χ4n) is 3.06. The average Bonchev–Trinajstić information content (AvgIpc) is 3.20. The third kappa shape index (κ3) is 4.85. The van der Waals surface area contributed by atoms with E-state index in [9.17, 15) is 4.79 Å². The topological polar surface area (TPSA) is 59.2 Å². The second kappa shape index (κ2) is 9.31. The molecule has 5 heteroatoms. The van der Waals surface area contributed by atoms with Gasteiger partial charge in [0.1, 0.15) is 0 Å². The largest absolute Gasteiger partial charge is 0.339 e. The third-order valence-electron chi connectivity index (χ3n) is 4.74. The number of aryl methyl sites for hydroxylation is 3. The molecule has 0 aliphatic carbocycles. The second-order valence-electron chi connectivity index (χ2n) is 6.94. The van der Waals surface area contributed by atoms with Crippen LogP contribution in [0.15, 0.2) is 53.1 Å². The summed E-state index contributed by atoms with van der Waals surface area (Å²) in [5, 5.41) is 4.04. The maximum Gasteiger partial charge on any atom is 0.227 e. The van der Waals surface area contributed by atoms with Gasteiger partial charge in [-0.15, -0.1) is 0 Å². The Balaban J connectivity index is 1.65. The molecular formula is C23H27N3O2. The zero-order valence-corrected chi connectivity index (χ0v) is 16.8. The standard InChI is InChI=1S/C23H27N3O2/c1-4-16-26(20-12-8-18(5-2)9-13-20)22(27)15-14-21-24-23(25-28-21)19-10-6-17(3)7-11-19/h6-13H,4-5,14-16H2,1-3H3. The van der Waals surface area contributed by atoms with Crippen molar-refractivity contribution in [3.05, 3.63) is 65.5 Å². The average molecular weight is 377 g/mol. The number of carbonyl (C=O) groups excluding carboxylic acids is 1. The molecule has 0 N–H and O–H groups in total. The normalized spacial score (nSPS) is 10.8. The number of anilines is 1. The number of hydrogen-bond donors (Lipinski definition) is 0. The van der Waals surface area contributed by atoms with E-state index in [1.54, 1.807) is 0 Å². The van der Waals surface area contributed by atoms with Crippen molar-refractivity contribution in [2.24, 2.45) is 0 Å². The number of benzene rings is 2. The van der Waals surface area contributed by atoms with Crippen molar-refractivity contribution in [1.29, 1.82) is 0 Å². The first-order valence-electron chi connectivity index (χ1n) is 9.89. The van der Waals surface area contributed by atoms with Crippen LogP contribution in [0.1, 0.15) is 43.7 Å². The van der Waals surface area contributed by atoms with Gasteiger partial charge in [0.25, 0.3) is 0 Å². The molecule has 0 bridgehead atoms. The molecule has 1 heterocycles. The molecule has 146 valence electrons. The minimum atomic E-state index is 0.0705. The maximum absolute atomic E-state index is 12.8. The predicted molar refractivity (Wildman–Crippen MR) is 111 cm³/mol. The Morgan fingerprint density at radius 1 is 1.04 bits per heavy atom. The highest BCUT2D eigenvalue weighted by Gasteiger charge is 2.17. The van der Waals surface area contributed by atoms with E-state index >= 15 is 0 Å². The zero-order valence-electron chi connectivity index (χ0n) is 16.8. The van der Waals surface area contributed by atoms with Crippen molar-refractivity contribution >= 4 is 11.6 Å². The van der Waals surface area contributed by atoms with Crippen LogP contribution in [0.3, 0.4) is 0 Å². The van der Waals surface area contributed by atoms with Crippen LogP contribution in [-0.4, -0.2) is 22.6 Å². The molecule has 5 nitrogen and oxygen atoms in total. The number of amides is 1. The fourth-order valence-corrected chi connectivity index (χ4v) is 3.06. The van der Waals surface area contributed by atoms with E-state index < -0.39 is 0 Å². The van der Waals surface area contributed by atoms with Crippen LogP contribution in [0.4, 0.5) is 5.69 Å². The van der Waals surface area contributed by atoms with Gasteiger partial charge < -0.3 is 9.42 Å². The minimum Gasteiger partial charge on any atom is -0.339 e. The highest BCUT2D eigenvalue weighted by atomic mass is 16.5. The lowest BCUT2D eigenvalue weighted by molar-refractivity contribution is -0.118. The van der Waals surface area contributed by atoms with E-state index in [0.717, 1.165) is 24.1 Å². The van der Waals surface area contributed by atoms with Crippen LogP contribution < -0.4 is 4.90 Å². The molecule has 0 saturated heterocycles. The van der Waals surface area contributed by atoms with Crippen molar-refractivity contribution in [1.82, 2.24) is 10.1 Å². The van der Waals surface area contributed by atoms with Crippen LogP contribution in [0, 0.1) is 6.92 Å². The molecule has 0 aliphatic heterocycles. The number of carbonyl (C=O) groups is 1. The van der Waals surface area contributed by atoms with E-state index in [-0.39, 0.29) is 5.91 Å². The summed E-state index contributed by atoms with van der Waals surface area (Å²) < 4.78 is 5.34. The molecule has 3 rings (SSSR count). The van der Waals surface area contributed by atoms with Gasteiger partial charge in [0, 0.05) is 30.6 Å². The summed E-state index contributed by atoms with van der Waals surface area (Å²) in [5.41, 5.74) is 4.30. The van der Waals surface area contributed by atoms with Crippen LogP contribution >= 0.6 is 0 Å². The van der Waals surface area contributed by atoms with E-state index in [1.807, 2.05) is 48.2 Å². The Bertz CT molecular complexity index is 898. The summed E-state index contributed by atoms with van der Waals surface area (Å²) >= 11 is 0. The van der Waals surface area contributed by atoms with Crippen molar-refractivity contribution in [2.75, 3.05) is 11.4 Å². The van der Waals surface area contributed by atoms with Crippen LogP contribution in [0.25, 0.3) is 11.4 Å². The summed E-state index contributed by atoms with van der Waals surface area (Å²) in [6, 6.07) is 16.2. The van der Waals surface area contributed by atoms with Gasteiger partial charge in [-0.2, -0.15) is 4.98 Å². The fraction of sp³-hybridized carbons (Fsp3) is 0.348. The summed E-state index contributed by atoms with van der Waals surface area (Å²) in [5.74, 6) is 1.12. The molecule has 0 spiro atoms. The van der Waals surface area contributed by atoms with Gasteiger partial charge >= 0.3 is 0 Å². The number of hydrogen-bond acceptors (Lipinski definition) is 4. The molecular weight excluding hydrogens is 350 g/mol. The van der Waals surface area contributed by atoms with Crippen molar-refractivity contribution in [3.63, 3.8) is 0 Å². The second-order valence-corrected chi connectivity index (χ2v) is 6.94. The molecule has 0 radical (unpaired) electrons. The molecule has 0 atom stereocenters. The minimum absolute atomic E-state index is 0.0705. The maximum atomic E-state index is 12.8. The molecule has 1 amide bonds. The van der Waals surface area contributed by atoms with Crippen molar-refractivity contribution in [3.8, 4) is 11.4 Å². The Hall–Kier alpha value is -2.95. The molecule has 0 fully saturated rings. The van der Waals surface area contributed by atoms with Gasteiger partial charge in [0.15, 0.2) is 0 Å². The number of nitrogens with zero attached hydrogens (tertiary/aromatic N) is 3. The summed E-state index contributed by atoms with van der Waals surface area (Å²) in [6.45, 7) is 6.93. The van der Waals surface area contributed by atoms with Gasteiger partial charge in [-0.3, -0.25) is 4.79 Å². The Morgan fingerprint density at radius 3 is 2.39 bits per heavy atom. The first kappa shape index (κ1) is 19.8. The number of aromatic nitrogens is 2. The molecule has 1 aromatic heterocycles. The lowest BCUT2D eigenvalue weighted by atomic mass is 10.1. The van der Waals surface area contributed by atoms with Crippen molar-refractivity contribution < 1.29 is 9.32 Å². The first-order valence-corrected chi connectivity index (χ1v) is 9.89. The lowest BCUT2D eigenvalue weighted by Gasteiger charge is -2.22. The third-order valence-corrected chi connectivity index (χ3v) is 4.74.